The third kappa shape index (κ3) is 5.08. The first-order chi connectivity index (χ1) is 12.6. The molecule has 0 atom stereocenters. The lowest BCUT2D eigenvalue weighted by Crippen LogP contribution is -2.22. The molecule has 6 nitrogen and oxygen atoms in total. The molecule has 0 aliphatic heterocycles. The Hall–Kier alpha value is -3.33. The SMILES string of the molecule is CCN(CC)c1ccc(C(=O)OCC(=O)Nc2cccc(C#N)c2)cc1. The molecule has 134 valence electrons. The molecule has 0 heterocycles. The number of nitrogens with zero attached hydrogens (tertiary/aromatic N) is 2. The highest BCUT2D eigenvalue weighted by atomic mass is 16.5. The molecule has 2 aromatic carbocycles. The highest BCUT2D eigenvalue weighted by Crippen LogP contribution is 2.15. The van der Waals surface area contributed by atoms with Gasteiger partial charge in [-0.2, -0.15) is 5.26 Å². The van der Waals surface area contributed by atoms with Crippen LogP contribution in [0.2, 0.25) is 0 Å². The number of nitriles is 1. The molecule has 0 saturated carbocycles. The third-order valence-electron chi connectivity index (χ3n) is 3.84. The van der Waals surface area contributed by atoms with Gasteiger partial charge in [-0.1, -0.05) is 6.07 Å². The number of rotatable bonds is 7. The van der Waals surface area contributed by atoms with Crippen molar-refractivity contribution in [2.75, 3.05) is 29.9 Å². The van der Waals surface area contributed by atoms with E-state index in [1.54, 1.807) is 36.4 Å². The molecule has 0 spiro atoms. The summed E-state index contributed by atoms with van der Waals surface area (Å²) < 4.78 is 5.04. The standard InChI is InChI=1S/C20H21N3O3/c1-3-23(4-2)18-10-8-16(9-11-18)20(25)26-14-19(24)22-17-7-5-6-15(12-17)13-21/h5-12H,3-4,14H2,1-2H3,(H,22,24). The highest BCUT2D eigenvalue weighted by molar-refractivity contribution is 5.95. The van der Waals surface area contributed by atoms with Gasteiger partial charge in [0.25, 0.3) is 5.91 Å². The van der Waals surface area contributed by atoms with E-state index in [9.17, 15) is 9.59 Å². The van der Waals surface area contributed by atoms with Gasteiger partial charge in [-0.15, -0.1) is 0 Å². The molecule has 1 amide bonds. The molecule has 0 aromatic heterocycles. The maximum Gasteiger partial charge on any atom is 0.338 e. The van der Waals surface area contributed by atoms with E-state index in [1.807, 2.05) is 18.2 Å². The van der Waals surface area contributed by atoms with Gasteiger partial charge in [0.15, 0.2) is 6.61 Å². The van der Waals surface area contributed by atoms with Crippen LogP contribution in [-0.2, 0) is 9.53 Å². The van der Waals surface area contributed by atoms with Gasteiger partial charge in [0.1, 0.15) is 0 Å². The second kappa shape index (κ2) is 9.23. The van der Waals surface area contributed by atoms with E-state index in [4.69, 9.17) is 10.00 Å². The lowest BCUT2D eigenvalue weighted by Gasteiger charge is -2.20. The second-order valence-electron chi connectivity index (χ2n) is 5.54. The molecule has 0 saturated heterocycles. The summed E-state index contributed by atoms with van der Waals surface area (Å²) in [6.45, 7) is 5.50. The first kappa shape index (κ1) is 19.0. The quantitative estimate of drug-likeness (QED) is 0.775. The van der Waals surface area contributed by atoms with E-state index in [0.717, 1.165) is 18.8 Å². The number of amides is 1. The van der Waals surface area contributed by atoms with Crippen molar-refractivity contribution in [2.45, 2.75) is 13.8 Å². The minimum absolute atomic E-state index is 0.389. The second-order valence-corrected chi connectivity index (χ2v) is 5.54. The minimum Gasteiger partial charge on any atom is -0.452 e. The molecule has 0 aliphatic carbocycles. The van der Waals surface area contributed by atoms with Gasteiger partial charge in [0, 0.05) is 24.5 Å². The molecular formula is C20H21N3O3. The maximum atomic E-state index is 12.1. The van der Waals surface area contributed by atoms with Crippen LogP contribution in [0, 0.1) is 11.3 Å². The summed E-state index contributed by atoms with van der Waals surface area (Å²) in [5.41, 5.74) is 2.34. The van der Waals surface area contributed by atoms with Crippen molar-refractivity contribution < 1.29 is 14.3 Å². The highest BCUT2D eigenvalue weighted by Gasteiger charge is 2.11. The van der Waals surface area contributed by atoms with Gasteiger partial charge in [-0.05, 0) is 56.3 Å². The summed E-state index contributed by atoms with van der Waals surface area (Å²) in [4.78, 5) is 26.1. The van der Waals surface area contributed by atoms with E-state index in [2.05, 4.69) is 24.1 Å². The minimum atomic E-state index is -0.558. The van der Waals surface area contributed by atoms with Crippen molar-refractivity contribution in [2.24, 2.45) is 0 Å². The summed E-state index contributed by atoms with van der Waals surface area (Å²) in [6, 6.07) is 15.6. The molecule has 1 N–H and O–H groups in total. The molecule has 6 heteroatoms. The van der Waals surface area contributed by atoms with Gasteiger partial charge in [-0.3, -0.25) is 4.79 Å². The molecule has 0 aliphatic rings. The average Bonchev–Trinajstić information content (AvgIpc) is 2.67. The fourth-order valence-electron chi connectivity index (χ4n) is 2.48. The zero-order valence-electron chi connectivity index (χ0n) is 14.9. The predicted octanol–water partition coefficient (Wildman–Crippen LogP) is 3.20. The molecule has 0 radical (unpaired) electrons. The summed E-state index contributed by atoms with van der Waals surface area (Å²) >= 11 is 0. The van der Waals surface area contributed by atoms with Gasteiger partial charge in [0.2, 0.25) is 0 Å². The van der Waals surface area contributed by atoms with Crippen LogP contribution in [0.3, 0.4) is 0 Å². The number of carbonyl (C=O) groups excluding carboxylic acids is 2. The zero-order chi connectivity index (χ0) is 18.9. The Balaban J connectivity index is 1.89. The summed E-state index contributed by atoms with van der Waals surface area (Å²) in [6.07, 6.45) is 0. The van der Waals surface area contributed by atoms with E-state index in [-0.39, 0.29) is 0 Å². The molecule has 0 unspecified atom stereocenters. The van der Waals surface area contributed by atoms with Gasteiger partial charge < -0.3 is 15.0 Å². The number of hydrogen-bond acceptors (Lipinski definition) is 5. The number of benzene rings is 2. The molecule has 2 rings (SSSR count). The van der Waals surface area contributed by atoms with Crippen molar-refractivity contribution in [3.8, 4) is 6.07 Å². The number of esters is 1. The van der Waals surface area contributed by atoms with Crippen LogP contribution in [0.4, 0.5) is 11.4 Å². The lowest BCUT2D eigenvalue weighted by molar-refractivity contribution is -0.119. The molecule has 26 heavy (non-hydrogen) atoms. The Morgan fingerprint density at radius 1 is 1.12 bits per heavy atom. The first-order valence-electron chi connectivity index (χ1n) is 8.39. The fraction of sp³-hybridized carbons (Fsp3) is 0.250. The van der Waals surface area contributed by atoms with E-state index in [1.165, 1.54) is 0 Å². The smallest absolute Gasteiger partial charge is 0.338 e. The van der Waals surface area contributed by atoms with Crippen LogP contribution in [0.1, 0.15) is 29.8 Å². The monoisotopic (exact) mass is 351 g/mol. The maximum absolute atomic E-state index is 12.1. The first-order valence-corrected chi connectivity index (χ1v) is 8.39. The van der Waals surface area contributed by atoms with Crippen molar-refractivity contribution in [3.63, 3.8) is 0 Å². The van der Waals surface area contributed by atoms with Crippen molar-refractivity contribution in [1.29, 1.82) is 5.26 Å². The van der Waals surface area contributed by atoms with Crippen LogP contribution >= 0.6 is 0 Å². The number of anilines is 2. The van der Waals surface area contributed by atoms with E-state index < -0.39 is 18.5 Å². The number of hydrogen-bond donors (Lipinski definition) is 1. The van der Waals surface area contributed by atoms with E-state index >= 15 is 0 Å². The molecule has 2 aromatic rings. The van der Waals surface area contributed by atoms with Crippen molar-refractivity contribution in [3.05, 3.63) is 59.7 Å². The van der Waals surface area contributed by atoms with Crippen LogP contribution < -0.4 is 10.2 Å². The molecule has 0 bridgehead atoms. The Bertz CT molecular complexity index is 806. The van der Waals surface area contributed by atoms with Crippen LogP contribution in [-0.4, -0.2) is 31.6 Å². The van der Waals surface area contributed by atoms with Crippen LogP contribution in [0.25, 0.3) is 0 Å². The Labute approximate surface area is 153 Å². The Kier molecular flexibility index (Phi) is 6.75. The number of nitrogens with one attached hydrogen (secondary N) is 1. The largest absolute Gasteiger partial charge is 0.452 e. The summed E-state index contributed by atoms with van der Waals surface area (Å²) in [7, 11) is 0. The number of carbonyl (C=O) groups is 2. The van der Waals surface area contributed by atoms with Gasteiger partial charge in [0.05, 0.1) is 17.2 Å². The van der Waals surface area contributed by atoms with E-state index in [0.29, 0.717) is 16.8 Å². The topological polar surface area (TPSA) is 82.4 Å². The third-order valence-corrected chi connectivity index (χ3v) is 3.84. The normalized spacial score (nSPS) is 9.88. The lowest BCUT2D eigenvalue weighted by atomic mass is 10.2. The molecular weight excluding hydrogens is 330 g/mol. The Morgan fingerprint density at radius 2 is 1.81 bits per heavy atom. The fourth-order valence-corrected chi connectivity index (χ4v) is 2.48. The predicted molar refractivity (Wildman–Crippen MR) is 100 cm³/mol. The van der Waals surface area contributed by atoms with Crippen molar-refractivity contribution in [1.82, 2.24) is 0 Å². The van der Waals surface area contributed by atoms with Gasteiger partial charge in [-0.25, -0.2) is 4.79 Å². The summed E-state index contributed by atoms with van der Waals surface area (Å²) in [5, 5.41) is 11.4. The Morgan fingerprint density at radius 3 is 2.42 bits per heavy atom. The van der Waals surface area contributed by atoms with Crippen LogP contribution in [0.5, 0.6) is 0 Å². The zero-order valence-corrected chi connectivity index (χ0v) is 14.9. The van der Waals surface area contributed by atoms with Gasteiger partial charge >= 0.3 is 5.97 Å². The van der Waals surface area contributed by atoms with Crippen molar-refractivity contribution >= 4 is 23.3 Å². The summed E-state index contributed by atoms with van der Waals surface area (Å²) in [5.74, 6) is -1.02. The van der Waals surface area contributed by atoms with Crippen LogP contribution in [0.15, 0.2) is 48.5 Å². The average molecular weight is 351 g/mol. The molecule has 0 fully saturated rings. The number of ether oxygens (including phenoxy) is 1.